The van der Waals surface area contributed by atoms with E-state index in [1.165, 1.54) is 7.11 Å². The van der Waals surface area contributed by atoms with Gasteiger partial charge < -0.3 is 19.2 Å². The Morgan fingerprint density at radius 3 is 2.62 bits per heavy atom. The molecule has 24 heavy (non-hydrogen) atoms. The Bertz CT molecular complexity index is 963. The summed E-state index contributed by atoms with van der Waals surface area (Å²) in [7, 11) is 3.08. The summed E-state index contributed by atoms with van der Waals surface area (Å²) in [6, 6.07) is 13.9. The van der Waals surface area contributed by atoms with Crippen molar-refractivity contribution in [2.45, 2.75) is 0 Å². The lowest BCUT2D eigenvalue weighted by atomic mass is 10.1. The molecular weight excluding hydrogens is 308 g/mol. The lowest BCUT2D eigenvalue weighted by Gasteiger charge is -2.08. The van der Waals surface area contributed by atoms with Gasteiger partial charge in [0.2, 0.25) is 5.55 Å². The average Bonchev–Trinajstić information content (AvgIpc) is 2.60. The fourth-order valence-electron chi connectivity index (χ4n) is 2.36. The van der Waals surface area contributed by atoms with Gasteiger partial charge in [0.05, 0.1) is 14.2 Å². The molecule has 3 rings (SSSR count). The molecule has 0 radical (unpaired) electrons. The van der Waals surface area contributed by atoms with Crippen molar-refractivity contribution in [2.75, 3.05) is 19.5 Å². The normalized spacial score (nSPS) is 10.4. The van der Waals surface area contributed by atoms with E-state index in [1.54, 1.807) is 55.6 Å². The Kier molecular flexibility index (Phi) is 4.20. The Morgan fingerprint density at radius 1 is 1.08 bits per heavy atom. The molecule has 1 aromatic heterocycles. The third-order valence-corrected chi connectivity index (χ3v) is 3.55. The van der Waals surface area contributed by atoms with Crippen molar-refractivity contribution in [1.29, 1.82) is 5.41 Å². The summed E-state index contributed by atoms with van der Waals surface area (Å²) in [5.41, 5.74) is 0.915. The van der Waals surface area contributed by atoms with E-state index >= 15 is 0 Å². The zero-order chi connectivity index (χ0) is 17.1. The molecule has 0 fully saturated rings. The van der Waals surface area contributed by atoms with Gasteiger partial charge in [-0.05, 0) is 24.3 Å². The lowest BCUT2D eigenvalue weighted by molar-refractivity contribution is 0.102. The van der Waals surface area contributed by atoms with Gasteiger partial charge in [-0.1, -0.05) is 18.2 Å². The lowest BCUT2D eigenvalue weighted by Crippen LogP contribution is -2.20. The predicted molar refractivity (Wildman–Crippen MR) is 89.6 cm³/mol. The fourth-order valence-corrected chi connectivity index (χ4v) is 2.36. The SMILES string of the molecule is COc1cccc(NC(=O)c2cc3cccc(OC)c3oc2=N)c1. The zero-order valence-electron chi connectivity index (χ0n) is 13.3. The number of amides is 1. The van der Waals surface area contributed by atoms with Gasteiger partial charge in [-0.25, -0.2) is 0 Å². The number of nitrogens with one attached hydrogen (secondary N) is 2. The molecule has 0 spiro atoms. The maximum Gasteiger partial charge on any atom is 0.261 e. The molecule has 0 aliphatic carbocycles. The largest absolute Gasteiger partial charge is 0.497 e. The zero-order valence-corrected chi connectivity index (χ0v) is 13.3. The van der Waals surface area contributed by atoms with E-state index in [2.05, 4.69) is 5.32 Å². The first-order valence-electron chi connectivity index (χ1n) is 7.23. The number of carbonyl (C=O) groups is 1. The number of anilines is 1. The smallest absolute Gasteiger partial charge is 0.261 e. The van der Waals surface area contributed by atoms with Gasteiger partial charge in [0.25, 0.3) is 5.91 Å². The molecule has 2 aromatic carbocycles. The highest BCUT2D eigenvalue weighted by molar-refractivity contribution is 6.05. The molecule has 3 aromatic rings. The van der Waals surface area contributed by atoms with Gasteiger partial charge in [-0.3, -0.25) is 10.2 Å². The molecule has 0 aliphatic rings. The van der Waals surface area contributed by atoms with E-state index in [1.807, 2.05) is 0 Å². The molecule has 0 atom stereocenters. The van der Waals surface area contributed by atoms with Gasteiger partial charge in [0.15, 0.2) is 11.3 Å². The maximum absolute atomic E-state index is 12.5. The van der Waals surface area contributed by atoms with Crippen LogP contribution < -0.4 is 20.3 Å². The predicted octanol–water partition coefficient (Wildman–Crippen LogP) is 3.18. The summed E-state index contributed by atoms with van der Waals surface area (Å²) in [4.78, 5) is 12.5. The van der Waals surface area contributed by atoms with E-state index in [-0.39, 0.29) is 11.1 Å². The van der Waals surface area contributed by atoms with Crippen LogP contribution in [-0.4, -0.2) is 20.1 Å². The molecule has 0 saturated carbocycles. The molecule has 1 heterocycles. The van der Waals surface area contributed by atoms with Crippen LogP contribution in [0.5, 0.6) is 11.5 Å². The number of ether oxygens (including phenoxy) is 2. The molecular formula is C18H16N2O4. The van der Waals surface area contributed by atoms with Crippen molar-refractivity contribution in [1.82, 2.24) is 0 Å². The van der Waals surface area contributed by atoms with E-state index in [9.17, 15) is 4.79 Å². The number of methoxy groups -OCH3 is 2. The first-order chi connectivity index (χ1) is 11.6. The van der Waals surface area contributed by atoms with Crippen LogP contribution >= 0.6 is 0 Å². The van der Waals surface area contributed by atoms with Crippen molar-refractivity contribution >= 4 is 22.6 Å². The third-order valence-electron chi connectivity index (χ3n) is 3.55. The number of benzene rings is 2. The average molecular weight is 324 g/mol. The molecule has 122 valence electrons. The summed E-state index contributed by atoms with van der Waals surface area (Å²) in [5.74, 6) is 0.717. The van der Waals surface area contributed by atoms with Crippen molar-refractivity contribution in [3.63, 3.8) is 0 Å². The molecule has 0 unspecified atom stereocenters. The minimum Gasteiger partial charge on any atom is -0.497 e. The molecule has 0 bridgehead atoms. The summed E-state index contributed by atoms with van der Waals surface area (Å²) >= 11 is 0. The van der Waals surface area contributed by atoms with Crippen LogP contribution in [0, 0.1) is 5.41 Å². The minimum absolute atomic E-state index is 0.138. The van der Waals surface area contributed by atoms with Crippen molar-refractivity contribution in [3.05, 3.63) is 59.6 Å². The van der Waals surface area contributed by atoms with Crippen molar-refractivity contribution in [3.8, 4) is 11.5 Å². The number of hydrogen-bond acceptors (Lipinski definition) is 5. The first kappa shape index (κ1) is 15.6. The highest BCUT2D eigenvalue weighted by Gasteiger charge is 2.14. The third kappa shape index (κ3) is 2.94. The molecule has 6 nitrogen and oxygen atoms in total. The van der Waals surface area contributed by atoms with Crippen molar-refractivity contribution < 1.29 is 18.7 Å². The summed E-state index contributed by atoms with van der Waals surface area (Å²) < 4.78 is 15.8. The van der Waals surface area contributed by atoms with Crippen LogP contribution in [0.25, 0.3) is 11.0 Å². The number of fused-ring (bicyclic) bond motifs is 1. The topological polar surface area (TPSA) is 84.6 Å². The quantitative estimate of drug-likeness (QED) is 0.772. The van der Waals surface area contributed by atoms with Gasteiger partial charge in [0, 0.05) is 17.1 Å². The summed E-state index contributed by atoms with van der Waals surface area (Å²) in [5, 5.41) is 11.4. The maximum atomic E-state index is 12.5. The molecule has 6 heteroatoms. The van der Waals surface area contributed by atoms with Gasteiger partial charge in [0.1, 0.15) is 11.3 Å². The second-order valence-corrected chi connectivity index (χ2v) is 5.05. The number of carbonyl (C=O) groups excluding carboxylic acids is 1. The van der Waals surface area contributed by atoms with Crippen LogP contribution in [-0.2, 0) is 0 Å². The van der Waals surface area contributed by atoms with Crippen molar-refractivity contribution in [2.24, 2.45) is 0 Å². The Balaban J connectivity index is 1.98. The highest BCUT2D eigenvalue weighted by atomic mass is 16.5. The van der Waals surface area contributed by atoms with E-state index < -0.39 is 5.91 Å². The van der Waals surface area contributed by atoms with E-state index in [4.69, 9.17) is 19.3 Å². The Morgan fingerprint density at radius 2 is 1.88 bits per heavy atom. The molecule has 0 saturated heterocycles. The standard InChI is InChI=1S/C18H16N2O4/c1-22-13-7-4-6-12(10-13)20-18(21)14-9-11-5-3-8-15(23-2)16(11)24-17(14)19/h3-10,19H,1-2H3,(H,20,21). The number of hydrogen-bond donors (Lipinski definition) is 2. The van der Waals surface area contributed by atoms with Crippen LogP contribution in [0.3, 0.4) is 0 Å². The molecule has 2 N–H and O–H groups in total. The van der Waals surface area contributed by atoms with E-state index in [0.717, 1.165) is 0 Å². The van der Waals surface area contributed by atoms with Crippen LogP contribution in [0.2, 0.25) is 0 Å². The molecule has 1 amide bonds. The second-order valence-electron chi connectivity index (χ2n) is 5.05. The second kappa shape index (κ2) is 6.45. The minimum atomic E-state index is -0.429. The van der Waals surface area contributed by atoms with Gasteiger partial charge in [-0.2, -0.15) is 0 Å². The van der Waals surface area contributed by atoms with Crippen LogP contribution in [0.15, 0.2) is 52.9 Å². The summed E-state index contributed by atoms with van der Waals surface area (Å²) in [6.45, 7) is 0. The van der Waals surface area contributed by atoms with Crippen LogP contribution in [0.4, 0.5) is 5.69 Å². The van der Waals surface area contributed by atoms with Gasteiger partial charge in [-0.15, -0.1) is 0 Å². The van der Waals surface area contributed by atoms with E-state index in [0.29, 0.717) is 28.2 Å². The Labute approximate surface area is 138 Å². The Hall–Kier alpha value is -3.28. The first-order valence-corrected chi connectivity index (χ1v) is 7.23. The number of para-hydroxylation sites is 1. The molecule has 0 aliphatic heterocycles. The fraction of sp³-hybridized carbons (Fsp3) is 0.111. The van der Waals surface area contributed by atoms with Crippen LogP contribution in [0.1, 0.15) is 10.4 Å². The monoisotopic (exact) mass is 324 g/mol. The summed E-state index contributed by atoms with van der Waals surface area (Å²) in [6.07, 6.45) is 0. The van der Waals surface area contributed by atoms with Gasteiger partial charge >= 0.3 is 0 Å². The number of rotatable bonds is 4. The highest BCUT2D eigenvalue weighted by Crippen LogP contribution is 2.24.